The van der Waals surface area contributed by atoms with E-state index in [0.29, 0.717) is 29.5 Å². The highest BCUT2D eigenvalue weighted by Crippen LogP contribution is 2.31. The number of rotatable bonds is 9. The van der Waals surface area contributed by atoms with Crippen LogP contribution in [0.5, 0.6) is 5.75 Å². The first-order valence-electron chi connectivity index (χ1n) is 12.9. The van der Waals surface area contributed by atoms with Crippen LogP contribution < -0.4 is 10.1 Å². The molecule has 1 aromatic carbocycles. The van der Waals surface area contributed by atoms with Gasteiger partial charge in [0.25, 0.3) is 11.7 Å². The molecule has 194 valence electrons. The number of carbonyl (C=O) groups is 4. The van der Waals surface area contributed by atoms with Crippen LogP contribution in [0.4, 0.5) is 0 Å². The number of fused-ring (bicyclic) bond motifs is 1. The summed E-state index contributed by atoms with van der Waals surface area (Å²) >= 11 is 0. The average molecular weight is 498 g/mol. The smallest absolute Gasteiger partial charge is 0.323 e. The molecule has 2 aromatic rings. The molecule has 2 aliphatic rings. The number of nitrogens with zero attached hydrogens (tertiary/aromatic N) is 1. The minimum Gasteiger partial charge on any atom is -0.497 e. The number of H-pyrrole nitrogens is 1. The number of ether oxygens (including phenoxy) is 1. The Hall–Kier alpha value is -3.36. The second-order valence-electron chi connectivity index (χ2n) is 9.96. The number of amides is 2. The van der Waals surface area contributed by atoms with E-state index in [1.54, 1.807) is 18.2 Å². The zero-order chi connectivity index (χ0) is 25.7. The Morgan fingerprint density at radius 1 is 1.06 bits per heavy atom. The van der Waals surface area contributed by atoms with Gasteiger partial charge in [0, 0.05) is 29.2 Å². The van der Waals surface area contributed by atoms with Crippen LogP contribution in [0, 0.1) is 5.92 Å². The molecule has 3 N–H and O–H groups in total. The molecule has 9 heteroatoms. The second-order valence-corrected chi connectivity index (χ2v) is 9.96. The van der Waals surface area contributed by atoms with Crippen molar-refractivity contribution >= 4 is 34.5 Å². The Kier molecular flexibility index (Phi) is 8.28. The number of nitrogens with one attached hydrogen (secondary N) is 2. The summed E-state index contributed by atoms with van der Waals surface area (Å²) in [6, 6.07) is 4.10. The number of hydrogen-bond acceptors (Lipinski definition) is 5. The summed E-state index contributed by atoms with van der Waals surface area (Å²) in [5.74, 6) is -3.00. The second kappa shape index (κ2) is 11.6. The van der Waals surface area contributed by atoms with Gasteiger partial charge in [0.2, 0.25) is 5.91 Å². The summed E-state index contributed by atoms with van der Waals surface area (Å²) in [6.07, 6.45) is 10.7. The number of aliphatic carboxylic acids is 1. The maximum atomic E-state index is 13.6. The van der Waals surface area contributed by atoms with Crippen LogP contribution in [0.1, 0.15) is 74.6 Å². The van der Waals surface area contributed by atoms with Crippen molar-refractivity contribution in [3.8, 4) is 5.75 Å². The fraction of sp³-hybridized carbons (Fsp3) is 0.556. The van der Waals surface area contributed by atoms with Gasteiger partial charge in [-0.05, 0) is 43.7 Å². The van der Waals surface area contributed by atoms with E-state index in [0.717, 1.165) is 56.3 Å². The molecule has 1 heterocycles. The fourth-order valence-corrected chi connectivity index (χ4v) is 5.70. The van der Waals surface area contributed by atoms with Crippen LogP contribution in [0.25, 0.3) is 10.9 Å². The molecule has 1 atom stereocenters. The topological polar surface area (TPSA) is 129 Å². The van der Waals surface area contributed by atoms with Gasteiger partial charge in [-0.2, -0.15) is 0 Å². The van der Waals surface area contributed by atoms with Crippen molar-refractivity contribution in [2.24, 2.45) is 5.92 Å². The van der Waals surface area contributed by atoms with Gasteiger partial charge in [0.15, 0.2) is 0 Å². The molecule has 0 saturated heterocycles. The molecule has 0 aliphatic heterocycles. The minimum absolute atomic E-state index is 0.0124. The van der Waals surface area contributed by atoms with Gasteiger partial charge in [0.05, 0.1) is 12.7 Å². The highest BCUT2D eigenvalue weighted by Gasteiger charge is 2.41. The highest BCUT2D eigenvalue weighted by atomic mass is 16.5. The predicted molar refractivity (Wildman–Crippen MR) is 134 cm³/mol. The van der Waals surface area contributed by atoms with Gasteiger partial charge in [-0.15, -0.1) is 0 Å². The van der Waals surface area contributed by atoms with Crippen LogP contribution in [-0.2, 0) is 14.4 Å². The molecule has 0 unspecified atom stereocenters. The number of aromatic nitrogens is 1. The number of carbonyl (C=O) groups excluding carboxylic acids is 3. The van der Waals surface area contributed by atoms with E-state index >= 15 is 0 Å². The normalized spacial score (nSPS) is 17.9. The van der Waals surface area contributed by atoms with E-state index < -0.39 is 30.2 Å². The third-order valence-electron chi connectivity index (χ3n) is 7.55. The lowest BCUT2D eigenvalue weighted by atomic mass is 9.82. The number of methoxy groups -OCH3 is 1. The lowest BCUT2D eigenvalue weighted by Gasteiger charge is -2.38. The van der Waals surface area contributed by atoms with Gasteiger partial charge < -0.3 is 25.0 Å². The summed E-state index contributed by atoms with van der Waals surface area (Å²) in [4.78, 5) is 56.5. The molecule has 0 radical (unpaired) electrons. The minimum atomic E-state index is -1.26. The van der Waals surface area contributed by atoms with E-state index in [1.807, 2.05) is 0 Å². The van der Waals surface area contributed by atoms with Crippen LogP contribution in [0.2, 0.25) is 0 Å². The maximum Gasteiger partial charge on any atom is 0.323 e. The van der Waals surface area contributed by atoms with Crippen LogP contribution in [0.3, 0.4) is 0 Å². The molecular weight excluding hydrogens is 462 g/mol. The summed E-state index contributed by atoms with van der Waals surface area (Å²) in [5, 5.41) is 13.3. The Balaban J connectivity index is 1.65. The SMILES string of the molecule is COc1ccc2c(C(=O)C(=O)N(CC(=O)O)[C@@H](C(=O)NC3CCCCC3)C3CCCCC3)c[nH]c2c1. The predicted octanol–water partition coefficient (Wildman–Crippen LogP) is 3.67. The van der Waals surface area contributed by atoms with Crippen LogP contribution in [0.15, 0.2) is 24.4 Å². The van der Waals surface area contributed by atoms with Crippen LogP contribution in [-0.4, -0.2) is 64.3 Å². The van der Waals surface area contributed by atoms with Gasteiger partial charge in [-0.1, -0.05) is 38.5 Å². The molecule has 2 saturated carbocycles. The van der Waals surface area contributed by atoms with Gasteiger partial charge in [-0.25, -0.2) is 0 Å². The first-order chi connectivity index (χ1) is 17.4. The molecule has 2 amide bonds. The molecule has 1 aromatic heterocycles. The Morgan fingerprint density at radius 2 is 1.72 bits per heavy atom. The number of ketones is 1. The van der Waals surface area contributed by atoms with Crippen molar-refractivity contribution in [2.75, 3.05) is 13.7 Å². The van der Waals surface area contributed by atoms with E-state index in [4.69, 9.17) is 4.74 Å². The molecule has 2 aliphatic carbocycles. The Bertz CT molecular complexity index is 1110. The van der Waals surface area contributed by atoms with Crippen molar-refractivity contribution in [2.45, 2.75) is 76.3 Å². The largest absolute Gasteiger partial charge is 0.497 e. The molecule has 2 fully saturated rings. The molecule has 4 rings (SSSR count). The van der Waals surface area contributed by atoms with E-state index in [9.17, 15) is 24.3 Å². The van der Waals surface area contributed by atoms with Crippen molar-refractivity contribution in [3.05, 3.63) is 30.0 Å². The monoisotopic (exact) mass is 497 g/mol. The van der Waals surface area contributed by atoms with Gasteiger partial charge >= 0.3 is 5.97 Å². The van der Waals surface area contributed by atoms with Crippen LogP contribution >= 0.6 is 0 Å². The van der Waals surface area contributed by atoms with Crippen molar-refractivity contribution in [3.63, 3.8) is 0 Å². The van der Waals surface area contributed by atoms with E-state index in [2.05, 4.69) is 10.3 Å². The van der Waals surface area contributed by atoms with Gasteiger partial charge in [0.1, 0.15) is 18.3 Å². The lowest BCUT2D eigenvalue weighted by Crippen LogP contribution is -2.58. The molecule has 0 spiro atoms. The van der Waals surface area contributed by atoms with Crippen molar-refractivity contribution in [1.82, 2.24) is 15.2 Å². The van der Waals surface area contributed by atoms with E-state index in [1.165, 1.54) is 13.3 Å². The first kappa shape index (κ1) is 25.7. The fourth-order valence-electron chi connectivity index (χ4n) is 5.70. The molecule has 9 nitrogen and oxygen atoms in total. The lowest BCUT2D eigenvalue weighted by molar-refractivity contribution is -0.148. The Labute approximate surface area is 210 Å². The van der Waals surface area contributed by atoms with E-state index in [-0.39, 0.29) is 23.4 Å². The number of benzene rings is 1. The maximum absolute atomic E-state index is 13.6. The van der Waals surface area contributed by atoms with Gasteiger partial charge in [-0.3, -0.25) is 19.2 Å². The number of carboxylic acids is 1. The third-order valence-corrected chi connectivity index (χ3v) is 7.55. The molecule has 0 bridgehead atoms. The quantitative estimate of drug-likeness (QED) is 0.358. The summed E-state index contributed by atoms with van der Waals surface area (Å²) in [6.45, 7) is -0.708. The summed E-state index contributed by atoms with van der Waals surface area (Å²) < 4.78 is 5.22. The third kappa shape index (κ3) is 5.71. The molecular formula is C27H35N3O6. The number of Topliss-reactive ketones (excluding diaryl/α,β-unsaturated/α-hetero) is 1. The summed E-state index contributed by atoms with van der Waals surface area (Å²) in [5.41, 5.74) is 0.761. The average Bonchev–Trinajstić information content (AvgIpc) is 3.31. The number of aromatic amines is 1. The first-order valence-corrected chi connectivity index (χ1v) is 12.9. The summed E-state index contributed by atoms with van der Waals surface area (Å²) in [7, 11) is 1.53. The zero-order valence-corrected chi connectivity index (χ0v) is 20.8. The zero-order valence-electron chi connectivity index (χ0n) is 20.8. The standard InChI is InChI=1S/C27H35N3O6/c1-36-19-12-13-20-21(15-28-22(20)14-19)25(33)27(35)30(16-23(31)32)24(17-8-4-2-5-9-17)26(34)29-18-10-6-3-7-11-18/h12-15,17-18,24,28H,2-11,16H2,1H3,(H,29,34)(H,31,32)/t24-/m1/s1. The van der Waals surface area contributed by atoms with Crippen molar-refractivity contribution < 1.29 is 29.0 Å². The highest BCUT2D eigenvalue weighted by molar-refractivity contribution is 6.45. The van der Waals surface area contributed by atoms with Crippen molar-refractivity contribution in [1.29, 1.82) is 0 Å². The molecule has 36 heavy (non-hydrogen) atoms. The number of carboxylic acid groups (broad SMARTS) is 1. The Morgan fingerprint density at radius 3 is 2.36 bits per heavy atom. The number of hydrogen-bond donors (Lipinski definition) is 3.